The summed E-state index contributed by atoms with van der Waals surface area (Å²) < 4.78 is 21.4. The van der Waals surface area contributed by atoms with Gasteiger partial charge in [-0.3, -0.25) is 0 Å². The lowest BCUT2D eigenvalue weighted by molar-refractivity contribution is 0.0437. The van der Waals surface area contributed by atoms with Gasteiger partial charge in [0.05, 0.1) is 0 Å². The van der Waals surface area contributed by atoms with Crippen LogP contribution in [0.15, 0.2) is 73.8 Å². The Kier molecular flexibility index (Phi) is 7.80. The smallest absolute Gasteiger partial charge is 0.489 e. The first-order valence-electron chi connectivity index (χ1n) is 8.17. The van der Waals surface area contributed by atoms with Gasteiger partial charge in [0.2, 0.25) is 0 Å². The lowest BCUT2D eigenvalue weighted by atomic mass is 10.2. The van der Waals surface area contributed by atoms with E-state index in [1.54, 1.807) is 24.3 Å². The number of rotatable bonds is 10. The number of hydrogen-bond acceptors (Lipinski definition) is 5. The summed E-state index contributed by atoms with van der Waals surface area (Å²) in [6, 6.07) is 14.6. The Balaban J connectivity index is 1.87. The van der Waals surface area contributed by atoms with E-state index in [0.29, 0.717) is 24.7 Å². The van der Waals surface area contributed by atoms with Gasteiger partial charge in [-0.05, 0) is 12.1 Å². The van der Waals surface area contributed by atoms with E-state index in [1.165, 1.54) is 0 Å². The lowest BCUT2D eigenvalue weighted by Crippen LogP contribution is -2.09. The number of ether oxygens (including phenoxy) is 4. The highest BCUT2D eigenvalue weighted by Gasteiger charge is 2.10. The van der Waals surface area contributed by atoms with Gasteiger partial charge < -0.3 is 18.9 Å². The molecule has 0 aliphatic heterocycles. The Morgan fingerprint density at radius 2 is 1.19 bits per heavy atom. The molecule has 0 fully saturated rings. The van der Waals surface area contributed by atoms with Crippen LogP contribution in [0.25, 0.3) is 0 Å². The minimum absolute atomic E-state index is 0.0563. The van der Waals surface area contributed by atoms with E-state index >= 15 is 0 Å². The summed E-state index contributed by atoms with van der Waals surface area (Å²) in [4.78, 5) is 11.9. The zero-order chi connectivity index (χ0) is 18.6. The van der Waals surface area contributed by atoms with Crippen LogP contribution in [-0.2, 0) is 22.7 Å². The number of hydrogen-bond donors (Lipinski definition) is 0. The maximum absolute atomic E-state index is 11.9. The molecule has 26 heavy (non-hydrogen) atoms. The van der Waals surface area contributed by atoms with Crippen LogP contribution in [-0.4, -0.2) is 19.4 Å². The fraction of sp³-hybridized carbons (Fsp3) is 0.190. The molecule has 2 rings (SSSR count). The van der Waals surface area contributed by atoms with E-state index in [-0.39, 0.29) is 13.2 Å². The van der Waals surface area contributed by atoms with Gasteiger partial charge in [0.15, 0.2) is 0 Å². The summed E-state index contributed by atoms with van der Waals surface area (Å²) >= 11 is 0. The molecule has 0 bridgehead atoms. The van der Waals surface area contributed by atoms with Crippen molar-refractivity contribution in [1.29, 1.82) is 0 Å². The molecule has 0 amide bonds. The molecule has 136 valence electrons. The lowest BCUT2D eigenvalue weighted by Gasteiger charge is -2.12. The van der Waals surface area contributed by atoms with Crippen LogP contribution in [0.3, 0.4) is 0 Å². The van der Waals surface area contributed by atoms with Crippen molar-refractivity contribution in [3.8, 4) is 11.5 Å². The van der Waals surface area contributed by atoms with Gasteiger partial charge >= 0.3 is 6.16 Å². The predicted octanol–water partition coefficient (Wildman–Crippen LogP) is 4.67. The zero-order valence-electron chi connectivity index (χ0n) is 14.6. The first kappa shape index (κ1) is 19.1. The van der Waals surface area contributed by atoms with Gasteiger partial charge in [0, 0.05) is 11.1 Å². The minimum atomic E-state index is -0.762. The fourth-order valence-electron chi connectivity index (χ4n) is 2.14. The fourth-order valence-corrected chi connectivity index (χ4v) is 2.14. The summed E-state index contributed by atoms with van der Waals surface area (Å²) in [7, 11) is 0. The number of carbonyl (C=O) groups is 1. The zero-order valence-corrected chi connectivity index (χ0v) is 14.6. The maximum Gasteiger partial charge on any atom is 0.508 e. The Morgan fingerprint density at radius 1 is 0.769 bits per heavy atom. The third-order valence-corrected chi connectivity index (χ3v) is 3.35. The van der Waals surface area contributed by atoms with E-state index in [4.69, 9.17) is 18.9 Å². The van der Waals surface area contributed by atoms with Crippen LogP contribution in [0.4, 0.5) is 4.79 Å². The second kappa shape index (κ2) is 10.6. The molecular weight excluding hydrogens is 332 g/mol. The first-order chi connectivity index (χ1) is 12.7. The summed E-state index contributed by atoms with van der Waals surface area (Å²) in [5, 5.41) is 0. The van der Waals surface area contributed by atoms with Gasteiger partial charge in [0.1, 0.15) is 37.9 Å². The molecule has 0 aliphatic rings. The van der Waals surface area contributed by atoms with Gasteiger partial charge in [0.25, 0.3) is 0 Å². The molecule has 5 nitrogen and oxygen atoms in total. The molecule has 0 N–H and O–H groups in total. The molecule has 2 aromatic carbocycles. The molecule has 5 heteroatoms. The van der Waals surface area contributed by atoms with Crippen molar-refractivity contribution < 1.29 is 23.7 Å². The van der Waals surface area contributed by atoms with Gasteiger partial charge in [-0.25, -0.2) is 4.79 Å². The molecule has 0 saturated carbocycles. The van der Waals surface area contributed by atoms with Crippen LogP contribution in [0, 0.1) is 0 Å². The highest BCUT2D eigenvalue weighted by atomic mass is 16.7. The van der Waals surface area contributed by atoms with Crippen molar-refractivity contribution in [1.82, 2.24) is 0 Å². The average Bonchev–Trinajstić information content (AvgIpc) is 2.68. The van der Waals surface area contributed by atoms with Gasteiger partial charge in [-0.1, -0.05) is 61.7 Å². The monoisotopic (exact) mass is 354 g/mol. The maximum atomic E-state index is 11.9. The SMILES string of the molecule is C=CCOc1ccccc1COC(=O)OCc1ccccc1OCC=C. The average molecular weight is 354 g/mol. The summed E-state index contributed by atoms with van der Waals surface area (Å²) in [5.41, 5.74) is 1.50. The van der Waals surface area contributed by atoms with Crippen molar-refractivity contribution in [3.05, 3.63) is 85.0 Å². The highest BCUT2D eigenvalue weighted by molar-refractivity contribution is 5.60. The molecule has 0 saturated heterocycles. The second-order valence-electron chi connectivity index (χ2n) is 5.24. The third kappa shape index (κ3) is 6.02. The number of para-hydroxylation sites is 2. The number of benzene rings is 2. The quantitative estimate of drug-likeness (QED) is 0.458. The molecule has 0 aromatic heterocycles. The van der Waals surface area contributed by atoms with Crippen LogP contribution >= 0.6 is 0 Å². The van der Waals surface area contributed by atoms with Crippen LogP contribution in [0.1, 0.15) is 11.1 Å². The molecule has 0 heterocycles. The highest BCUT2D eigenvalue weighted by Crippen LogP contribution is 2.21. The van der Waals surface area contributed by atoms with Crippen LogP contribution in [0.2, 0.25) is 0 Å². The van der Waals surface area contributed by atoms with Crippen molar-refractivity contribution in [2.24, 2.45) is 0 Å². The Hall–Kier alpha value is -3.21. The van der Waals surface area contributed by atoms with E-state index in [9.17, 15) is 4.79 Å². The van der Waals surface area contributed by atoms with Crippen molar-refractivity contribution in [3.63, 3.8) is 0 Å². The number of carbonyl (C=O) groups excluding carboxylic acids is 1. The van der Waals surface area contributed by atoms with Crippen molar-refractivity contribution in [2.75, 3.05) is 13.2 Å². The van der Waals surface area contributed by atoms with Crippen molar-refractivity contribution in [2.45, 2.75) is 13.2 Å². The van der Waals surface area contributed by atoms with E-state index in [0.717, 1.165) is 11.1 Å². The first-order valence-corrected chi connectivity index (χ1v) is 8.17. The normalized spacial score (nSPS) is 9.85. The molecule has 0 aliphatic carbocycles. The van der Waals surface area contributed by atoms with E-state index in [1.807, 2.05) is 36.4 Å². The molecule has 0 radical (unpaired) electrons. The molecule has 0 atom stereocenters. The molecular formula is C21H22O5. The van der Waals surface area contributed by atoms with E-state index < -0.39 is 6.16 Å². The van der Waals surface area contributed by atoms with Crippen LogP contribution in [0.5, 0.6) is 11.5 Å². The standard InChI is InChI=1S/C21H22O5/c1-3-13-23-19-11-7-5-9-17(19)15-25-21(22)26-16-18-10-6-8-12-20(18)24-14-4-2/h3-12H,1-2,13-16H2. The molecule has 2 aromatic rings. The Labute approximate surface area is 153 Å². The second-order valence-corrected chi connectivity index (χ2v) is 5.24. The molecule has 0 spiro atoms. The van der Waals surface area contributed by atoms with E-state index in [2.05, 4.69) is 13.2 Å². The van der Waals surface area contributed by atoms with Gasteiger partial charge in [-0.2, -0.15) is 0 Å². The van der Waals surface area contributed by atoms with Crippen LogP contribution < -0.4 is 9.47 Å². The summed E-state index contributed by atoms with van der Waals surface area (Å²) in [5.74, 6) is 1.28. The topological polar surface area (TPSA) is 54.0 Å². The third-order valence-electron chi connectivity index (χ3n) is 3.35. The predicted molar refractivity (Wildman–Crippen MR) is 99.2 cm³/mol. The summed E-state index contributed by atoms with van der Waals surface area (Å²) in [6.07, 6.45) is 2.54. The summed E-state index contributed by atoms with van der Waals surface area (Å²) in [6.45, 7) is 8.09. The Bertz CT molecular complexity index is 677. The van der Waals surface area contributed by atoms with Crippen molar-refractivity contribution >= 4 is 6.16 Å². The minimum Gasteiger partial charge on any atom is -0.489 e. The van der Waals surface area contributed by atoms with Gasteiger partial charge in [-0.15, -0.1) is 0 Å². The Morgan fingerprint density at radius 3 is 1.62 bits per heavy atom. The molecule has 0 unspecified atom stereocenters. The largest absolute Gasteiger partial charge is 0.508 e.